The van der Waals surface area contributed by atoms with Crippen LogP contribution in [-0.4, -0.2) is 57.3 Å². The van der Waals surface area contributed by atoms with Crippen LogP contribution in [0.25, 0.3) is 0 Å². The van der Waals surface area contributed by atoms with Gasteiger partial charge in [0.1, 0.15) is 12.2 Å². The molecule has 4 unspecified atom stereocenters. The summed E-state index contributed by atoms with van der Waals surface area (Å²) in [5.74, 6) is -0.593. The van der Waals surface area contributed by atoms with Crippen molar-refractivity contribution in [2.75, 3.05) is 6.61 Å². The minimum atomic E-state index is -1.25. The number of aliphatic hydroxyl groups is 4. The van der Waals surface area contributed by atoms with Crippen LogP contribution in [0.5, 0.6) is 0 Å². The number of hydrogen-bond donors (Lipinski definition) is 5. The van der Waals surface area contributed by atoms with Crippen LogP contribution in [0.15, 0.2) is 0 Å². The van der Waals surface area contributed by atoms with E-state index in [4.69, 9.17) is 0 Å². The van der Waals surface area contributed by atoms with Crippen LogP contribution in [-0.2, 0) is 4.79 Å². The smallest absolute Gasteiger partial charge is 0.249 e. The fourth-order valence-corrected chi connectivity index (χ4v) is 5.62. The zero-order chi connectivity index (χ0) is 30.4. The predicted molar refractivity (Wildman–Crippen MR) is 173 cm³/mol. The summed E-state index contributed by atoms with van der Waals surface area (Å²) in [4.78, 5) is 12.2. The average Bonchev–Trinajstić information content (AvgIpc) is 2.98. The highest BCUT2D eigenvalue weighted by atomic mass is 16.3. The molecule has 0 heterocycles. The third-order valence-corrected chi connectivity index (χ3v) is 8.57. The third kappa shape index (κ3) is 25.5. The first-order valence-corrected chi connectivity index (χ1v) is 17.9. The van der Waals surface area contributed by atoms with E-state index >= 15 is 0 Å². The van der Waals surface area contributed by atoms with E-state index in [9.17, 15) is 25.2 Å². The summed E-state index contributed by atoms with van der Waals surface area (Å²) in [6.45, 7) is 3.79. The lowest BCUT2D eigenvalue weighted by atomic mass is 10.0. The molecule has 0 rings (SSSR count). The molecule has 0 aromatic rings. The van der Waals surface area contributed by atoms with Gasteiger partial charge in [-0.3, -0.25) is 4.79 Å². The van der Waals surface area contributed by atoms with Crippen molar-refractivity contribution in [2.24, 2.45) is 0 Å². The summed E-state index contributed by atoms with van der Waals surface area (Å²) < 4.78 is 0. The highest BCUT2D eigenvalue weighted by Crippen LogP contribution is 2.16. The van der Waals surface area contributed by atoms with Crippen LogP contribution in [0, 0.1) is 0 Å². The van der Waals surface area contributed by atoms with E-state index in [2.05, 4.69) is 12.2 Å². The second-order valence-electron chi connectivity index (χ2n) is 12.6. The van der Waals surface area contributed by atoms with Crippen molar-refractivity contribution >= 4 is 5.91 Å². The van der Waals surface area contributed by atoms with Gasteiger partial charge in [0.2, 0.25) is 5.91 Å². The lowest BCUT2D eigenvalue weighted by Gasteiger charge is -2.27. The van der Waals surface area contributed by atoms with Crippen molar-refractivity contribution in [3.63, 3.8) is 0 Å². The number of rotatable bonds is 32. The molecule has 0 radical (unpaired) electrons. The molecule has 0 bridgehead atoms. The molecule has 0 aliphatic heterocycles. The minimum Gasteiger partial charge on any atom is -0.394 e. The van der Waals surface area contributed by atoms with Gasteiger partial charge >= 0.3 is 0 Å². The summed E-state index contributed by atoms with van der Waals surface area (Å²) in [6.07, 6.45) is 29.7. The zero-order valence-electron chi connectivity index (χ0n) is 27.3. The Morgan fingerprint density at radius 2 is 0.854 bits per heavy atom. The van der Waals surface area contributed by atoms with Crippen LogP contribution in [0.4, 0.5) is 0 Å². The molecule has 0 aromatic heterocycles. The number of carbonyl (C=O) groups is 1. The number of nitrogens with one attached hydrogen (secondary N) is 1. The molecule has 0 saturated carbocycles. The van der Waals surface area contributed by atoms with E-state index in [0.29, 0.717) is 12.8 Å². The van der Waals surface area contributed by atoms with Gasteiger partial charge < -0.3 is 25.7 Å². The van der Waals surface area contributed by atoms with Crippen LogP contribution in [0.2, 0.25) is 0 Å². The van der Waals surface area contributed by atoms with Gasteiger partial charge in [0, 0.05) is 0 Å². The van der Waals surface area contributed by atoms with Crippen LogP contribution in [0.3, 0.4) is 0 Å². The van der Waals surface area contributed by atoms with Crippen molar-refractivity contribution in [1.82, 2.24) is 5.32 Å². The molecule has 0 aliphatic rings. The maximum absolute atomic E-state index is 12.2. The fourth-order valence-electron chi connectivity index (χ4n) is 5.62. The standard InChI is InChI=1S/C35H71NO5/c1-3-5-7-8-9-10-11-12-13-14-15-16-17-18-19-20-21-22-23-24-25-26-27-29-33(39)35(41)36-31(30-37)34(40)32(38)28-6-4-2/h31-34,37-40H,3-30H2,1-2H3,(H,36,41). The van der Waals surface area contributed by atoms with E-state index in [-0.39, 0.29) is 0 Å². The van der Waals surface area contributed by atoms with E-state index in [0.717, 1.165) is 32.1 Å². The van der Waals surface area contributed by atoms with Crippen LogP contribution >= 0.6 is 0 Å². The summed E-state index contributed by atoms with van der Waals surface area (Å²) in [5, 5.41) is 42.4. The third-order valence-electron chi connectivity index (χ3n) is 8.57. The number of carbonyl (C=O) groups excluding carboxylic acids is 1. The minimum absolute atomic E-state index is 0.373. The molecule has 246 valence electrons. The summed E-state index contributed by atoms with van der Waals surface area (Å²) in [5.41, 5.74) is 0. The lowest BCUT2D eigenvalue weighted by Crippen LogP contribution is -2.53. The largest absolute Gasteiger partial charge is 0.394 e. The maximum atomic E-state index is 12.2. The first-order valence-electron chi connectivity index (χ1n) is 17.9. The molecule has 6 heteroatoms. The Hall–Kier alpha value is -0.690. The van der Waals surface area contributed by atoms with Gasteiger partial charge in [-0.2, -0.15) is 0 Å². The first kappa shape index (κ1) is 40.3. The normalized spacial score (nSPS) is 14.6. The number of unbranched alkanes of at least 4 members (excludes halogenated alkanes) is 23. The molecular formula is C35H71NO5. The maximum Gasteiger partial charge on any atom is 0.249 e. The van der Waals surface area contributed by atoms with Crippen molar-refractivity contribution in [3.8, 4) is 0 Å². The van der Waals surface area contributed by atoms with Gasteiger partial charge in [0.05, 0.1) is 18.8 Å². The van der Waals surface area contributed by atoms with Crippen molar-refractivity contribution in [3.05, 3.63) is 0 Å². The average molecular weight is 586 g/mol. The van der Waals surface area contributed by atoms with Gasteiger partial charge in [-0.25, -0.2) is 0 Å². The van der Waals surface area contributed by atoms with Gasteiger partial charge in [-0.05, 0) is 12.8 Å². The molecule has 6 nitrogen and oxygen atoms in total. The number of amides is 1. The van der Waals surface area contributed by atoms with E-state index < -0.39 is 36.9 Å². The van der Waals surface area contributed by atoms with Crippen molar-refractivity contribution in [1.29, 1.82) is 0 Å². The van der Waals surface area contributed by atoms with Gasteiger partial charge in [0.25, 0.3) is 0 Å². The van der Waals surface area contributed by atoms with Gasteiger partial charge in [-0.15, -0.1) is 0 Å². The van der Waals surface area contributed by atoms with E-state index in [1.165, 1.54) is 128 Å². The van der Waals surface area contributed by atoms with E-state index in [1.54, 1.807) is 0 Å². The van der Waals surface area contributed by atoms with E-state index in [1.807, 2.05) is 6.92 Å². The molecule has 0 fully saturated rings. The molecular weight excluding hydrogens is 514 g/mol. The SMILES string of the molecule is CCCCCCCCCCCCCCCCCCCCCCCCCC(O)C(=O)NC(CO)C(O)C(O)CCCC. The zero-order valence-corrected chi connectivity index (χ0v) is 27.3. The quantitative estimate of drug-likeness (QED) is 0.0512. The highest BCUT2D eigenvalue weighted by Gasteiger charge is 2.28. The predicted octanol–water partition coefficient (Wildman–Crippen LogP) is 8.12. The molecule has 4 atom stereocenters. The molecule has 0 spiro atoms. The van der Waals surface area contributed by atoms with Crippen LogP contribution < -0.4 is 5.32 Å². The summed E-state index contributed by atoms with van der Waals surface area (Å²) in [7, 11) is 0. The Morgan fingerprint density at radius 3 is 1.20 bits per heavy atom. The Kier molecular flexibility index (Phi) is 30.2. The molecule has 1 amide bonds. The van der Waals surface area contributed by atoms with Gasteiger partial charge in [-0.1, -0.05) is 174 Å². The Balaban J connectivity index is 3.48. The second kappa shape index (κ2) is 30.8. The summed E-state index contributed by atoms with van der Waals surface area (Å²) in [6, 6.07) is -0.974. The Morgan fingerprint density at radius 1 is 0.512 bits per heavy atom. The Bertz CT molecular complexity index is 547. The lowest BCUT2D eigenvalue weighted by molar-refractivity contribution is -0.132. The fraction of sp³-hybridized carbons (Fsp3) is 0.971. The van der Waals surface area contributed by atoms with Gasteiger partial charge in [0.15, 0.2) is 0 Å². The molecule has 5 N–H and O–H groups in total. The molecule has 0 aliphatic carbocycles. The first-order chi connectivity index (χ1) is 20.0. The van der Waals surface area contributed by atoms with Crippen molar-refractivity contribution < 1.29 is 25.2 Å². The molecule has 0 aromatic carbocycles. The Labute approximate surface area is 254 Å². The van der Waals surface area contributed by atoms with Crippen molar-refractivity contribution in [2.45, 2.75) is 212 Å². The molecule has 41 heavy (non-hydrogen) atoms. The second-order valence-corrected chi connectivity index (χ2v) is 12.6. The van der Waals surface area contributed by atoms with Crippen LogP contribution in [0.1, 0.15) is 187 Å². The topological polar surface area (TPSA) is 110 Å². The summed E-state index contributed by atoms with van der Waals surface area (Å²) >= 11 is 0. The molecule has 0 saturated heterocycles. The number of hydrogen-bond acceptors (Lipinski definition) is 5. The highest BCUT2D eigenvalue weighted by molar-refractivity contribution is 5.80. The monoisotopic (exact) mass is 586 g/mol. The number of aliphatic hydroxyl groups excluding tert-OH is 4.